The normalized spacial score (nSPS) is 12.8. The van der Waals surface area contributed by atoms with Gasteiger partial charge in [0.05, 0.1) is 11.9 Å². The van der Waals surface area contributed by atoms with Crippen LogP contribution in [-0.2, 0) is 6.42 Å². The summed E-state index contributed by atoms with van der Waals surface area (Å²) < 4.78 is 0. The van der Waals surface area contributed by atoms with Crippen LogP contribution in [0.3, 0.4) is 0 Å². The molecule has 0 aromatic carbocycles. The molecule has 1 unspecified atom stereocenters. The first-order valence-electron chi connectivity index (χ1n) is 6.00. The summed E-state index contributed by atoms with van der Waals surface area (Å²) in [7, 11) is 0. The highest BCUT2D eigenvalue weighted by atomic mass is 15.1. The average Bonchev–Trinajstić information content (AvgIpc) is 2.92. The number of aromatic nitrogens is 4. The summed E-state index contributed by atoms with van der Waals surface area (Å²) in [4.78, 5) is 14.5. The summed E-state index contributed by atoms with van der Waals surface area (Å²) in [5, 5.41) is 0. The molecule has 0 amide bonds. The highest BCUT2D eigenvalue weighted by Gasteiger charge is 2.21. The van der Waals surface area contributed by atoms with Crippen LogP contribution in [0.4, 0.5) is 11.9 Å². The monoisotopic (exact) mass is 249 g/mol. The Labute approximate surface area is 105 Å². The molecular weight excluding hydrogens is 230 g/mol. The van der Waals surface area contributed by atoms with Gasteiger partial charge >= 0.3 is 0 Å². The maximum Gasteiger partial charge on any atom is 0.197 e. The van der Waals surface area contributed by atoms with E-state index in [1.54, 1.807) is 6.20 Å². The molecule has 8 N–H and O–H groups in total. The van der Waals surface area contributed by atoms with E-state index in [4.69, 9.17) is 17.2 Å². The van der Waals surface area contributed by atoms with Gasteiger partial charge in [0.25, 0.3) is 0 Å². The summed E-state index contributed by atoms with van der Waals surface area (Å²) in [5.74, 6) is 0.869. The fraction of sp³-hybridized carbons (Fsp3) is 0.455. The number of nitrogen functional groups attached to an aromatic ring is 2. The lowest BCUT2D eigenvalue weighted by Gasteiger charge is -2.13. The number of aryl methyl sites for hydroxylation is 1. The molecule has 0 aliphatic rings. The predicted molar refractivity (Wildman–Crippen MR) is 70.9 cm³/mol. The van der Waals surface area contributed by atoms with Gasteiger partial charge in [0.15, 0.2) is 11.9 Å². The fourth-order valence-electron chi connectivity index (χ4n) is 2.14. The van der Waals surface area contributed by atoms with Crippen molar-refractivity contribution >= 4 is 11.9 Å². The first-order chi connectivity index (χ1) is 8.65. The van der Waals surface area contributed by atoms with Gasteiger partial charge in [-0.3, -0.25) is 0 Å². The minimum Gasteiger partial charge on any atom is -0.369 e. The van der Waals surface area contributed by atoms with E-state index in [1.807, 2.05) is 0 Å². The van der Waals surface area contributed by atoms with E-state index in [2.05, 4.69) is 26.9 Å². The Hall–Kier alpha value is -2.02. The molecule has 0 saturated heterocycles. The molecule has 2 aromatic rings. The maximum atomic E-state index is 5.72. The molecule has 0 radical (unpaired) electrons. The van der Waals surface area contributed by atoms with Gasteiger partial charge in [-0.1, -0.05) is 6.92 Å². The first kappa shape index (κ1) is 12.4. The second-order valence-corrected chi connectivity index (χ2v) is 4.19. The van der Waals surface area contributed by atoms with E-state index in [0.717, 1.165) is 29.9 Å². The molecule has 98 valence electrons. The zero-order chi connectivity index (χ0) is 13.1. The SMILES string of the molecule is CCc1[nH]c(N)nc1C(CCN)c1cnc(N)[nH]1. The third-order valence-corrected chi connectivity index (χ3v) is 2.96. The van der Waals surface area contributed by atoms with Crippen LogP contribution in [0.5, 0.6) is 0 Å². The van der Waals surface area contributed by atoms with Crippen LogP contribution in [0.2, 0.25) is 0 Å². The lowest BCUT2D eigenvalue weighted by molar-refractivity contribution is 0.686. The van der Waals surface area contributed by atoms with E-state index in [0.29, 0.717) is 18.4 Å². The first-order valence-corrected chi connectivity index (χ1v) is 6.00. The van der Waals surface area contributed by atoms with Gasteiger partial charge < -0.3 is 27.2 Å². The standard InChI is InChI=1S/C11H19N7/c1-2-7-9(18-11(14)16-7)6(3-4-12)8-5-15-10(13)17-8/h5-6H,2-4,12H2,1H3,(H3,13,15,17)(H3,14,16,18). The summed E-state index contributed by atoms with van der Waals surface area (Å²) in [6.45, 7) is 2.61. The second-order valence-electron chi connectivity index (χ2n) is 4.19. The molecular formula is C11H19N7. The fourth-order valence-corrected chi connectivity index (χ4v) is 2.14. The van der Waals surface area contributed by atoms with Crippen LogP contribution in [-0.4, -0.2) is 26.5 Å². The number of rotatable bonds is 5. The summed E-state index contributed by atoms with van der Waals surface area (Å²) in [6.07, 6.45) is 3.32. The van der Waals surface area contributed by atoms with Crippen LogP contribution in [0.1, 0.15) is 36.3 Å². The van der Waals surface area contributed by atoms with Gasteiger partial charge in [0.1, 0.15) is 0 Å². The van der Waals surface area contributed by atoms with Crippen molar-refractivity contribution in [3.05, 3.63) is 23.3 Å². The molecule has 7 nitrogen and oxygen atoms in total. The number of nitrogens with zero attached hydrogens (tertiary/aromatic N) is 2. The number of anilines is 2. The van der Waals surface area contributed by atoms with Crippen LogP contribution < -0.4 is 17.2 Å². The Kier molecular flexibility index (Phi) is 3.52. The summed E-state index contributed by atoms with van der Waals surface area (Å²) >= 11 is 0. The van der Waals surface area contributed by atoms with Gasteiger partial charge in [-0.25, -0.2) is 9.97 Å². The predicted octanol–water partition coefficient (Wildman–Crippen LogP) is 0.340. The lowest BCUT2D eigenvalue weighted by atomic mass is 9.96. The molecule has 0 spiro atoms. The van der Waals surface area contributed by atoms with E-state index >= 15 is 0 Å². The number of hydrogen-bond acceptors (Lipinski definition) is 5. The molecule has 2 aromatic heterocycles. The van der Waals surface area contributed by atoms with Crippen LogP contribution in [0, 0.1) is 0 Å². The van der Waals surface area contributed by atoms with Crippen molar-refractivity contribution in [3.63, 3.8) is 0 Å². The van der Waals surface area contributed by atoms with Crippen molar-refractivity contribution in [2.45, 2.75) is 25.7 Å². The van der Waals surface area contributed by atoms with Gasteiger partial charge in [-0.05, 0) is 19.4 Å². The molecule has 7 heteroatoms. The van der Waals surface area contributed by atoms with Crippen molar-refractivity contribution in [3.8, 4) is 0 Å². The van der Waals surface area contributed by atoms with Gasteiger partial charge in [0.2, 0.25) is 0 Å². The van der Waals surface area contributed by atoms with E-state index in [1.165, 1.54) is 0 Å². The molecule has 0 aliphatic heterocycles. The number of H-pyrrole nitrogens is 2. The molecule has 18 heavy (non-hydrogen) atoms. The topological polar surface area (TPSA) is 135 Å². The van der Waals surface area contributed by atoms with Gasteiger partial charge in [-0.2, -0.15) is 0 Å². The maximum absolute atomic E-state index is 5.72. The number of imidazole rings is 2. The number of hydrogen-bond donors (Lipinski definition) is 5. The zero-order valence-corrected chi connectivity index (χ0v) is 10.4. The third kappa shape index (κ3) is 2.30. The van der Waals surface area contributed by atoms with Crippen molar-refractivity contribution in [1.29, 1.82) is 0 Å². The Morgan fingerprint density at radius 1 is 1.28 bits per heavy atom. The molecule has 0 bridgehead atoms. The van der Waals surface area contributed by atoms with Crippen LogP contribution in [0.15, 0.2) is 6.20 Å². The van der Waals surface area contributed by atoms with Gasteiger partial charge in [-0.15, -0.1) is 0 Å². The van der Waals surface area contributed by atoms with Crippen molar-refractivity contribution in [1.82, 2.24) is 19.9 Å². The summed E-state index contributed by atoms with van der Waals surface area (Å²) in [6, 6.07) is 0. The van der Waals surface area contributed by atoms with E-state index in [-0.39, 0.29) is 5.92 Å². The van der Waals surface area contributed by atoms with Crippen molar-refractivity contribution < 1.29 is 0 Å². The molecule has 0 fully saturated rings. The largest absolute Gasteiger partial charge is 0.369 e. The van der Waals surface area contributed by atoms with Crippen molar-refractivity contribution in [2.75, 3.05) is 18.0 Å². The third-order valence-electron chi connectivity index (χ3n) is 2.96. The zero-order valence-electron chi connectivity index (χ0n) is 10.4. The van der Waals surface area contributed by atoms with E-state index in [9.17, 15) is 0 Å². The lowest BCUT2D eigenvalue weighted by Crippen LogP contribution is -2.11. The second kappa shape index (κ2) is 5.09. The Morgan fingerprint density at radius 2 is 2.06 bits per heavy atom. The highest BCUT2D eigenvalue weighted by molar-refractivity contribution is 5.34. The minimum atomic E-state index is 0.0447. The number of nitrogens with two attached hydrogens (primary N) is 3. The quantitative estimate of drug-likeness (QED) is 0.520. The van der Waals surface area contributed by atoms with Gasteiger partial charge in [0, 0.05) is 17.3 Å². The van der Waals surface area contributed by atoms with E-state index < -0.39 is 0 Å². The Morgan fingerprint density at radius 3 is 2.61 bits per heavy atom. The molecule has 1 atom stereocenters. The Bertz CT molecular complexity index is 513. The molecule has 0 saturated carbocycles. The molecule has 2 rings (SSSR count). The van der Waals surface area contributed by atoms with Crippen LogP contribution >= 0.6 is 0 Å². The molecule has 2 heterocycles. The summed E-state index contributed by atoms with van der Waals surface area (Å²) in [5.41, 5.74) is 19.9. The smallest absolute Gasteiger partial charge is 0.197 e. The number of nitrogens with one attached hydrogen (secondary N) is 2. The highest BCUT2D eigenvalue weighted by Crippen LogP contribution is 2.28. The van der Waals surface area contributed by atoms with Crippen LogP contribution in [0.25, 0.3) is 0 Å². The minimum absolute atomic E-state index is 0.0447. The van der Waals surface area contributed by atoms with Crippen molar-refractivity contribution in [2.24, 2.45) is 5.73 Å². The Balaban J connectivity index is 2.40. The number of aromatic amines is 2. The molecule has 0 aliphatic carbocycles. The average molecular weight is 249 g/mol.